The lowest BCUT2D eigenvalue weighted by Crippen LogP contribution is -2.43. The van der Waals surface area contributed by atoms with E-state index in [0.717, 1.165) is 30.6 Å². The van der Waals surface area contributed by atoms with Crippen molar-refractivity contribution in [3.8, 4) is 5.88 Å². The molecule has 5 nitrogen and oxygen atoms in total. The van der Waals surface area contributed by atoms with E-state index in [1.54, 1.807) is 7.11 Å². The monoisotopic (exact) mass is 276 g/mol. The van der Waals surface area contributed by atoms with E-state index in [9.17, 15) is 0 Å². The summed E-state index contributed by atoms with van der Waals surface area (Å²) in [6.45, 7) is 5.24. The van der Waals surface area contributed by atoms with Crippen molar-refractivity contribution in [2.45, 2.75) is 38.6 Å². The largest absolute Gasteiger partial charge is 0.481 e. The van der Waals surface area contributed by atoms with Crippen LogP contribution in [0.25, 0.3) is 0 Å². The van der Waals surface area contributed by atoms with Gasteiger partial charge in [-0.3, -0.25) is 0 Å². The maximum absolute atomic E-state index is 5.23. The van der Waals surface area contributed by atoms with Gasteiger partial charge in [0.25, 0.3) is 0 Å². The number of hydrogen-bond acceptors (Lipinski definition) is 5. The Labute approximate surface area is 120 Å². The van der Waals surface area contributed by atoms with Gasteiger partial charge in [-0.15, -0.1) is 0 Å². The summed E-state index contributed by atoms with van der Waals surface area (Å²) in [4.78, 5) is 11.3. The minimum atomic E-state index is 0.654. The van der Waals surface area contributed by atoms with Crippen molar-refractivity contribution in [1.29, 1.82) is 0 Å². The van der Waals surface area contributed by atoms with Crippen molar-refractivity contribution >= 4 is 5.95 Å². The van der Waals surface area contributed by atoms with Crippen LogP contribution in [-0.4, -0.2) is 42.8 Å². The van der Waals surface area contributed by atoms with Crippen LogP contribution in [0.15, 0.2) is 6.07 Å². The molecule has 3 rings (SSSR count). The maximum atomic E-state index is 5.23. The summed E-state index contributed by atoms with van der Waals surface area (Å²) >= 11 is 0. The minimum Gasteiger partial charge on any atom is -0.481 e. The number of aryl methyl sites for hydroxylation is 1. The van der Waals surface area contributed by atoms with Gasteiger partial charge in [-0.05, 0) is 45.1 Å². The maximum Gasteiger partial charge on any atom is 0.228 e. The van der Waals surface area contributed by atoms with E-state index in [-0.39, 0.29) is 0 Å². The van der Waals surface area contributed by atoms with Crippen LogP contribution in [0.4, 0.5) is 5.95 Å². The summed E-state index contributed by atoms with van der Waals surface area (Å²) in [7, 11) is 1.65. The molecule has 0 amide bonds. The summed E-state index contributed by atoms with van der Waals surface area (Å²) in [5, 5.41) is 3.70. The molecule has 0 radical (unpaired) electrons. The second-order valence-electron chi connectivity index (χ2n) is 5.96. The number of rotatable bonds is 5. The summed E-state index contributed by atoms with van der Waals surface area (Å²) in [6.07, 6.45) is 5.18. The van der Waals surface area contributed by atoms with E-state index < -0.39 is 0 Å². The Kier molecular flexibility index (Phi) is 4.05. The molecule has 0 atom stereocenters. The van der Waals surface area contributed by atoms with Crippen LogP contribution in [-0.2, 0) is 0 Å². The fourth-order valence-electron chi connectivity index (χ4n) is 2.71. The van der Waals surface area contributed by atoms with Crippen LogP contribution in [0, 0.1) is 12.8 Å². The third-order valence-corrected chi connectivity index (χ3v) is 4.20. The third-order valence-electron chi connectivity index (χ3n) is 4.20. The highest BCUT2D eigenvalue weighted by molar-refractivity contribution is 5.34. The van der Waals surface area contributed by atoms with Crippen molar-refractivity contribution < 1.29 is 4.74 Å². The number of aromatic nitrogens is 2. The molecular formula is C15H24N4O. The molecule has 1 N–H and O–H groups in total. The molecule has 1 aliphatic carbocycles. The smallest absolute Gasteiger partial charge is 0.228 e. The number of nitrogens with zero attached hydrogens (tertiary/aromatic N) is 3. The fraction of sp³-hybridized carbons (Fsp3) is 0.733. The second kappa shape index (κ2) is 5.95. The average Bonchev–Trinajstić information content (AvgIpc) is 3.29. The van der Waals surface area contributed by atoms with E-state index in [0.29, 0.717) is 11.9 Å². The third kappa shape index (κ3) is 3.39. The van der Waals surface area contributed by atoms with Gasteiger partial charge in [-0.25, -0.2) is 4.98 Å². The topological polar surface area (TPSA) is 50.3 Å². The van der Waals surface area contributed by atoms with Gasteiger partial charge in [-0.1, -0.05) is 0 Å². The van der Waals surface area contributed by atoms with Gasteiger partial charge >= 0.3 is 0 Å². The number of anilines is 1. The van der Waals surface area contributed by atoms with Gasteiger partial charge in [0.15, 0.2) is 0 Å². The van der Waals surface area contributed by atoms with E-state index in [1.807, 2.05) is 13.0 Å². The molecule has 2 fully saturated rings. The quantitative estimate of drug-likeness (QED) is 0.888. The lowest BCUT2D eigenvalue weighted by Gasteiger charge is -2.32. The Morgan fingerprint density at radius 3 is 2.65 bits per heavy atom. The first-order chi connectivity index (χ1) is 9.74. The number of ether oxygens (including phenoxy) is 1. The number of nitrogens with one attached hydrogen (secondary N) is 1. The van der Waals surface area contributed by atoms with Gasteiger partial charge in [0, 0.05) is 30.9 Å². The molecule has 2 heterocycles. The lowest BCUT2D eigenvalue weighted by molar-refractivity contribution is 0.389. The Bertz CT molecular complexity index is 453. The highest BCUT2D eigenvalue weighted by atomic mass is 16.5. The number of hydrogen-bond donors (Lipinski definition) is 1. The Balaban J connectivity index is 1.55. The Morgan fingerprint density at radius 1 is 1.25 bits per heavy atom. The SMILES string of the molecule is COc1cc(C)nc(N2CCC(NCC3CC3)CC2)n1. The average molecular weight is 276 g/mol. The molecule has 0 unspecified atom stereocenters. The van der Waals surface area contributed by atoms with Crippen molar-refractivity contribution in [1.82, 2.24) is 15.3 Å². The normalized spacial score (nSPS) is 20.2. The predicted octanol–water partition coefficient (Wildman–Crippen LogP) is 1.76. The first-order valence-electron chi connectivity index (χ1n) is 7.62. The van der Waals surface area contributed by atoms with E-state index in [1.165, 1.54) is 32.2 Å². The first kappa shape index (κ1) is 13.6. The van der Waals surface area contributed by atoms with Gasteiger partial charge in [0.05, 0.1) is 7.11 Å². The molecule has 110 valence electrons. The zero-order chi connectivity index (χ0) is 13.9. The Hall–Kier alpha value is -1.36. The van der Waals surface area contributed by atoms with Gasteiger partial charge < -0.3 is 15.0 Å². The zero-order valence-corrected chi connectivity index (χ0v) is 12.4. The van der Waals surface area contributed by atoms with Crippen LogP contribution in [0.2, 0.25) is 0 Å². The van der Waals surface area contributed by atoms with Crippen molar-refractivity contribution in [3.63, 3.8) is 0 Å². The van der Waals surface area contributed by atoms with E-state index >= 15 is 0 Å². The molecule has 5 heteroatoms. The van der Waals surface area contributed by atoms with Crippen LogP contribution >= 0.6 is 0 Å². The molecule has 0 aromatic carbocycles. The van der Waals surface area contributed by atoms with Crippen LogP contribution in [0.3, 0.4) is 0 Å². The van der Waals surface area contributed by atoms with Gasteiger partial charge in [0.2, 0.25) is 11.8 Å². The summed E-state index contributed by atoms with van der Waals surface area (Å²) in [5.41, 5.74) is 0.959. The van der Waals surface area contributed by atoms with Crippen molar-refractivity contribution in [2.75, 3.05) is 31.6 Å². The molecule has 1 aliphatic heterocycles. The number of piperidine rings is 1. The molecule has 0 bridgehead atoms. The highest BCUT2D eigenvalue weighted by Gasteiger charge is 2.25. The molecule has 2 aliphatic rings. The first-order valence-corrected chi connectivity index (χ1v) is 7.62. The van der Waals surface area contributed by atoms with E-state index in [2.05, 4.69) is 20.2 Å². The van der Waals surface area contributed by atoms with Crippen LogP contribution in [0.5, 0.6) is 5.88 Å². The standard InChI is InChI=1S/C15H24N4O/c1-11-9-14(20-2)18-15(17-11)19-7-5-13(6-8-19)16-10-12-3-4-12/h9,12-13,16H,3-8,10H2,1-2H3. The number of methoxy groups -OCH3 is 1. The highest BCUT2D eigenvalue weighted by Crippen LogP contribution is 2.28. The fourth-order valence-corrected chi connectivity index (χ4v) is 2.71. The summed E-state index contributed by atoms with van der Waals surface area (Å²) < 4.78 is 5.23. The molecule has 1 saturated carbocycles. The molecular weight excluding hydrogens is 252 g/mol. The van der Waals surface area contributed by atoms with Crippen LogP contribution < -0.4 is 15.0 Å². The van der Waals surface area contributed by atoms with Crippen molar-refractivity contribution in [2.24, 2.45) is 5.92 Å². The summed E-state index contributed by atoms with van der Waals surface area (Å²) in [5.74, 6) is 2.42. The molecule has 0 spiro atoms. The van der Waals surface area contributed by atoms with Gasteiger partial charge in [-0.2, -0.15) is 4.98 Å². The van der Waals surface area contributed by atoms with Gasteiger partial charge in [0.1, 0.15) is 0 Å². The molecule has 1 saturated heterocycles. The predicted molar refractivity (Wildman–Crippen MR) is 79.3 cm³/mol. The van der Waals surface area contributed by atoms with E-state index in [4.69, 9.17) is 4.74 Å². The molecule has 20 heavy (non-hydrogen) atoms. The second-order valence-corrected chi connectivity index (χ2v) is 5.96. The molecule has 1 aromatic rings. The van der Waals surface area contributed by atoms with Crippen LogP contribution in [0.1, 0.15) is 31.4 Å². The Morgan fingerprint density at radius 2 is 2.00 bits per heavy atom. The summed E-state index contributed by atoms with van der Waals surface area (Å²) in [6, 6.07) is 2.53. The lowest BCUT2D eigenvalue weighted by atomic mass is 10.1. The van der Waals surface area contributed by atoms with Crippen molar-refractivity contribution in [3.05, 3.63) is 11.8 Å². The minimum absolute atomic E-state index is 0.654. The zero-order valence-electron chi connectivity index (χ0n) is 12.4. The molecule has 1 aromatic heterocycles.